The molecule has 6 heteroatoms. The molecule has 0 spiro atoms. The molecule has 104 valence electrons. The minimum atomic E-state index is -0.497. The number of ether oxygens (including phenoxy) is 1. The lowest BCUT2D eigenvalue weighted by atomic mass is 9.95. The predicted molar refractivity (Wildman–Crippen MR) is 67.1 cm³/mol. The van der Waals surface area contributed by atoms with Crippen LogP contribution in [0, 0.1) is 11.2 Å². The van der Waals surface area contributed by atoms with Crippen LogP contribution in [-0.4, -0.2) is 40.0 Å². The van der Waals surface area contributed by atoms with Crippen molar-refractivity contribution in [3.05, 3.63) is 18.2 Å². The van der Waals surface area contributed by atoms with Crippen LogP contribution >= 0.6 is 0 Å². The van der Waals surface area contributed by atoms with E-state index in [9.17, 15) is 9.18 Å². The van der Waals surface area contributed by atoms with Crippen LogP contribution in [0.5, 0.6) is 6.01 Å². The maximum Gasteiger partial charge on any atom is 0.316 e. The van der Waals surface area contributed by atoms with Crippen molar-refractivity contribution in [1.82, 2.24) is 14.9 Å². The molecule has 1 aliphatic heterocycles. The normalized spacial score (nSPS) is 19.6. The van der Waals surface area contributed by atoms with E-state index in [-0.39, 0.29) is 23.4 Å². The Kier molecular flexibility index (Phi) is 3.68. The molecule has 1 fully saturated rings. The smallest absolute Gasteiger partial charge is 0.316 e. The van der Waals surface area contributed by atoms with Crippen molar-refractivity contribution >= 4 is 5.91 Å². The Morgan fingerprint density at radius 3 is 2.63 bits per heavy atom. The second-order valence-corrected chi connectivity index (χ2v) is 5.71. The highest BCUT2D eigenvalue weighted by atomic mass is 19.1. The van der Waals surface area contributed by atoms with Crippen molar-refractivity contribution in [2.75, 3.05) is 13.1 Å². The van der Waals surface area contributed by atoms with E-state index < -0.39 is 5.82 Å². The summed E-state index contributed by atoms with van der Waals surface area (Å²) in [5.74, 6) is -0.387. The molecular formula is C13H18FN3O2. The molecule has 0 radical (unpaired) electrons. The first-order valence-electron chi connectivity index (χ1n) is 6.30. The highest BCUT2D eigenvalue weighted by Gasteiger charge is 2.33. The first-order valence-corrected chi connectivity index (χ1v) is 6.30. The SMILES string of the molecule is CC(C)(C)C(=O)N1CC[C@@H](Oc2ncc(F)cn2)C1. The Hall–Kier alpha value is -1.72. The van der Waals surface area contributed by atoms with E-state index in [0.29, 0.717) is 13.1 Å². The zero-order valence-electron chi connectivity index (χ0n) is 11.4. The van der Waals surface area contributed by atoms with Crippen LogP contribution in [0.25, 0.3) is 0 Å². The third-order valence-corrected chi connectivity index (χ3v) is 2.94. The lowest BCUT2D eigenvalue weighted by Gasteiger charge is -2.25. The van der Waals surface area contributed by atoms with E-state index in [4.69, 9.17) is 4.74 Å². The third kappa shape index (κ3) is 3.39. The maximum atomic E-state index is 12.7. The largest absolute Gasteiger partial charge is 0.458 e. The van der Waals surface area contributed by atoms with Gasteiger partial charge in [0.15, 0.2) is 5.82 Å². The number of carbonyl (C=O) groups excluding carboxylic acids is 1. The lowest BCUT2D eigenvalue weighted by Crippen LogP contribution is -2.38. The number of halogens is 1. The standard InChI is InChI=1S/C13H18FN3O2/c1-13(2,3)11(18)17-5-4-10(8-17)19-12-15-6-9(14)7-16-12/h6-7,10H,4-5,8H2,1-3H3/t10-/m1/s1. The summed E-state index contributed by atoms with van der Waals surface area (Å²) >= 11 is 0. The molecule has 0 unspecified atom stereocenters. The quantitative estimate of drug-likeness (QED) is 0.817. The van der Waals surface area contributed by atoms with Crippen molar-refractivity contribution in [3.63, 3.8) is 0 Å². The van der Waals surface area contributed by atoms with Gasteiger partial charge in [-0.1, -0.05) is 20.8 Å². The molecule has 1 atom stereocenters. The monoisotopic (exact) mass is 267 g/mol. The summed E-state index contributed by atoms with van der Waals surface area (Å²) in [7, 11) is 0. The van der Waals surface area contributed by atoms with Crippen LogP contribution in [0.2, 0.25) is 0 Å². The summed E-state index contributed by atoms with van der Waals surface area (Å²) in [6.07, 6.45) is 2.74. The van der Waals surface area contributed by atoms with Gasteiger partial charge in [0.25, 0.3) is 0 Å². The molecule has 0 aromatic carbocycles. The van der Waals surface area contributed by atoms with Crippen LogP contribution < -0.4 is 4.74 Å². The Bertz CT molecular complexity index is 456. The van der Waals surface area contributed by atoms with Gasteiger partial charge in [0, 0.05) is 18.4 Å². The van der Waals surface area contributed by atoms with Gasteiger partial charge in [0.2, 0.25) is 5.91 Å². The van der Waals surface area contributed by atoms with Gasteiger partial charge in [0.1, 0.15) is 6.10 Å². The van der Waals surface area contributed by atoms with Gasteiger partial charge in [-0.2, -0.15) is 0 Å². The fraction of sp³-hybridized carbons (Fsp3) is 0.615. The van der Waals surface area contributed by atoms with E-state index in [2.05, 4.69) is 9.97 Å². The molecule has 0 saturated carbocycles. The van der Waals surface area contributed by atoms with Crippen molar-refractivity contribution in [2.45, 2.75) is 33.3 Å². The molecule has 2 rings (SSSR count). The summed E-state index contributed by atoms with van der Waals surface area (Å²) < 4.78 is 18.2. The zero-order valence-corrected chi connectivity index (χ0v) is 11.4. The summed E-state index contributed by atoms with van der Waals surface area (Å²) in [6.45, 7) is 6.88. The maximum absolute atomic E-state index is 12.7. The summed E-state index contributed by atoms with van der Waals surface area (Å²) in [4.78, 5) is 21.4. The minimum absolute atomic E-state index is 0.110. The predicted octanol–water partition coefficient (Wildman–Crippen LogP) is 1.64. The molecule has 0 bridgehead atoms. The molecule has 0 N–H and O–H groups in total. The van der Waals surface area contributed by atoms with Crippen LogP contribution in [0.3, 0.4) is 0 Å². The van der Waals surface area contributed by atoms with Gasteiger partial charge in [-0.3, -0.25) is 4.79 Å². The molecular weight excluding hydrogens is 249 g/mol. The molecule has 5 nitrogen and oxygen atoms in total. The number of hydrogen-bond acceptors (Lipinski definition) is 4. The first-order chi connectivity index (χ1) is 8.86. The van der Waals surface area contributed by atoms with Crippen molar-refractivity contribution < 1.29 is 13.9 Å². The van der Waals surface area contributed by atoms with Crippen molar-refractivity contribution in [1.29, 1.82) is 0 Å². The van der Waals surface area contributed by atoms with E-state index in [1.807, 2.05) is 20.8 Å². The fourth-order valence-electron chi connectivity index (χ4n) is 1.99. The van der Waals surface area contributed by atoms with Crippen LogP contribution in [0.4, 0.5) is 4.39 Å². The zero-order chi connectivity index (χ0) is 14.0. The van der Waals surface area contributed by atoms with Gasteiger partial charge >= 0.3 is 6.01 Å². The average molecular weight is 267 g/mol. The van der Waals surface area contributed by atoms with E-state index in [0.717, 1.165) is 18.8 Å². The van der Waals surface area contributed by atoms with Crippen LogP contribution in [0.15, 0.2) is 12.4 Å². The number of likely N-dealkylation sites (tertiary alicyclic amines) is 1. The highest BCUT2D eigenvalue weighted by molar-refractivity contribution is 5.81. The van der Waals surface area contributed by atoms with Crippen molar-refractivity contribution in [2.24, 2.45) is 5.41 Å². The summed E-state index contributed by atoms with van der Waals surface area (Å²) in [5, 5.41) is 0. The molecule has 2 heterocycles. The van der Waals surface area contributed by atoms with Gasteiger partial charge in [-0.25, -0.2) is 14.4 Å². The number of nitrogens with zero attached hydrogens (tertiary/aromatic N) is 3. The summed E-state index contributed by atoms with van der Waals surface area (Å²) in [6, 6.07) is 0.149. The molecule has 1 aliphatic rings. The average Bonchev–Trinajstić information content (AvgIpc) is 2.78. The molecule has 1 aromatic heterocycles. The molecule has 0 aliphatic carbocycles. The summed E-state index contributed by atoms with van der Waals surface area (Å²) in [5.41, 5.74) is -0.388. The number of aromatic nitrogens is 2. The fourth-order valence-corrected chi connectivity index (χ4v) is 1.99. The lowest BCUT2D eigenvalue weighted by molar-refractivity contribution is -0.138. The van der Waals surface area contributed by atoms with Gasteiger partial charge in [-0.15, -0.1) is 0 Å². The molecule has 1 saturated heterocycles. The van der Waals surface area contributed by atoms with E-state index in [1.165, 1.54) is 0 Å². The first kappa shape index (κ1) is 13.7. The van der Waals surface area contributed by atoms with Crippen molar-refractivity contribution in [3.8, 4) is 6.01 Å². The second-order valence-electron chi connectivity index (χ2n) is 5.71. The van der Waals surface area contributed by atoms with E-state index >= 15 is 0 Å². The van der Waals surface area contributed by atoms with Crippen LogP contribution in [0.1, 0.15) is 27.2 Å². The Balaban J connectivity index is 1.92. The second kappa shape index (κ2) is 5.11. The third-order valence-electron chi connectivity index (χ3n) is 2.94. The Morgan fingerprint density at radius 1 is 1.42 bits per heavy atom. The van der Waals surface area contributed by atoms with E-state index in [1.54, 1.807) is 4.90 Å². The minimum Gasteiger partial charge on any atom is -0.458 e. The topological polar surface area (TPSA) is 55.3 Å². The molecule has 1 aromatic rings. The highest BCUT2D eigenvalue weighted by Crippen LogP contribution is 2.22. The Morgan fingerprint density at radius 2 is 2.05 bits per heavy atom. The van der Waals surface area contributed by atoms with Gasteiger partial charge < -0.3 is 9.64 Å². The van der Waals surface area contributed by atoms with Gasteiger partial charge in [-0.05, 0) is 0 Å². The number of amides is 1. The molecule has 19 heavy (non-hydrogen) atoms. The number of carbonyl (C=O) groups is 1. The molecule has 1 amide bonds. The van der Waals surface area contributed by atoms with Crippen LogP contribution in [-0.2, 0) is 4.79 Å². The Labute approximate surface area is 111 Å². The number of hydrogen-bond donors (Lipinski definition) is 0. The van der Waals surface area contributed by atoms with Gasteiger partial charge in [0.05, 0.1) is 18.9 Å². The number of rotatable bonds is 2.